The summed E-state index contributed by atoms with van der Waals surface area (Å²) in [6.07, 6.45) is 3.30. The first-order chi connectivity index (χ1) is 9.99. The molecule has 1 fully saturated rings. The lowest BCUT2D eigenvalue weighted by atomic mass is 9.99. The van der Waals surface area contributed by atoms with Crippen LogP contribution >= 0.6 is 0 Å². The fourth-order valence-electron chi connectivity index (χ4n) is 2.60. The maximum Gasteiger partial charge on any atom is 0.242 e. The van der Waals surface area contributed by atoms with Crippen LogP contribution in [0.2, 0.25) is 0 Å². The molecular formula is C15H25N3O2S. The summed E-state index contributed by atoms with van der Waals surface area (Å²) < 4.78 is 26.9. The summed E-state index contributed by atoms with van der Waals surface area (Å²) in [7, 11) is -3.50. The molecule has 0 aromatic heterocycles. The number of rotatable bonds is 6. The summed E-state index contributed by atoms with van der Waals surface area (Å²) in [4.78, 5) is 2.57. The number of nitrogens with zero attached hydrogens (tertiary/aromatic N) is 1. The number of benzene rings is 1. The predicted molar refractivity (Wildman–Crippen MR) is 85.5 cm³/mol. The van der Waals surface area contributed by atoms with Gasteiger partial charge in [0.05, 0.1) is 5.69 Å². The van der Waals surface area contributed by atoms with Crippen LogP contribution in [0.15, 0.2) is 29.2 Å². The Bertz CT molecular complexity index is 552. The molecule has 0 amide bonds. The second kappa shape index (κ2) is 7.24. The predicted octanol–water partition coefficient (Wildman–Crippen LogP) is 1.67. The van der Waals surface area contributed by atoms with Crippen molar-refractivity contribution in [2.24, 2.45) is 5.92 Å². The zero-order valence-corrected chi connectivity index (χ0v) is 13.4. The molecule has 21 heavy (non-hydrogen) atoms. The van der Waals surface area contributed by atoms with Gasteiger partial charge in [-0.2, -0.15) is 0 Å². The Labute approximate surface area is 127 Å². The highest BCUT2D eigenvalue weighted by Crippen LogP contribution is 2.17. The molecule has 6 heteroatoms. The van der Waals surface area contributed by atoms with Crippen molar-refractivity contribution in [2.75, 3.05) is 31.9 Å². The molecule has 1 aliphatic rings. The number of hydrogen-bond acceptors (Lipinski definition) is 4. The molecule has 118 valence electrons. The first-order valence-corrected chi connectivity index (χ1v) is 9.04. The minimum Gasteiger partial charge on any atom is -0.398 e. The molecule has 0 saturated carbocycles. The fraction of sp³-hybridized carbons (Fsp3) is 0.600. The van der Waals surface area contributed by atoms with E-state index in [9.17, 15) is 8.42 Å². The van der Waals surface area contributed by atoms with Crippen molar-refractivity contribution in [2.45, 2.75) is 31.1 Å². The van der Waals surface area contributed by atoms with Crippen LogP contribution in [0.1, 0.15) is 26.2 Å². The summed E-state index contributed by atoms with van der Waals surface area (Å²) >= 11 is 0. The van der Waals surface area contributed by atoms with E-state index in [2.05, 4.69) is 16.5 Å². The number of sulfonamides is 1. The molecule has 0 aliphatic carbocycles. The van der Waals surface area contributed by atoms with Gasteiger partial charge in [0.15, 0.2) is 0 Å². The Morgan fingerprint density at radius 1 is 1.29 bits per heavy atom. The molecule has 0 radical (unpaired) electrons. The number of para-hydroxylation sites is 1. The molecule has 2 rings (SSSR count). The van der Waals surface area contributed by atoms with Crippen molar-refractivity contribution in [3.05, 3.63) is 24.3 Å². The fourth-order valence-corrected chi connectivity index (χ4v) is 3.80. The van der Waals surface area contributed by atoms with Gasteiger partial charge in [0.2, 0.25) is 10.0 Å². The van der Waals surface area contributed by atoms with Crippen LogP contribution in [-0.4, -0.2) is 39.5 Å². The van der Waals surface area contributed by atoms with Gasteiger partial charge < -0.3 is 10.6 Å². The molecule has 0 unspecified atom stereocenters. The molecule has 1 aromatic rings. The molecule has 0 atom stereocenters. The van der Waals surface area contributed by atoms with Crippen LogP contribution in [-0.2, 0) is 10.0 Å². The maximum atomic E-state index is 12.1. The first kappa shape index (κ1) is 16.3. The molecule has 3 N–H and O–H groups in total. The summed E-state index contributed by atoms with van der Waals surface area (Å²) in [5.74, 6) is 0.820. The average Bonchev–Trinajstić information content (AvgIpc) is 2.46. The molecule has 1 heterocycles. The average molecular weight is 311 g/mol. The van der Waals surface area contributed by atoms with Crippen molar-refractivity contribution in [1.29, 1.82) is 0 Å². The van der Waals surface area contributed by atoms with Gasteiger partial charge in [0, 0.05) is 6.54 Å². The lowest BCUT2D eigenvalue weighted by molar-refractivity contribution is 0.191. The van der Waals surface area contributed by atoms with Gasteiger partial charge in [-0.3, -0.25) is 0 Å². The van der Waals surface area contributed by atoms with E-state index in [-0.39, 0.29) is 10.6 Å². The zero-order chi connectivity index (χ0) is 15.3. The number of likely N-dealkylation sites (tertiary alicyclic amines) is 1. The summed E-state index contributed by atoms with van der Waals surface area (Å²) in [5, 5.41) is 0. The van der Waals surface area contributed by atoms with Gasteiger partial charge in [-0.15, -0.1) is 0 Å². The summed E-state index contributed by atoms with van der Waals surface area (Å²) in [6.45, 7) is 5.93. The molecule has 1 aliphatic heterocycles. The summed E-state index contributed by atoms with van der Waals surface area (Å²) in [6, 6.07) is 6.54. The Morgan fingerprint density at radius 3 is 2.62 bits per heavy atom. The largest absolute Gasteiger partial charge is 0.398 e. The highest BCUT2D eigenvalue weighted by Gasteiger charge is 2.17. The second-order valence-corrected chi connectivity index (χ2v) is 7.55. The monoisotopic (exact) mass is 311 g/mol. The SMILES string of the molecule is CC1CCN(CCCNS(=O)(=O)c2ccccc2N)CC1. The van der Waals surface area contributed by atoms with Crippen LogP contribution in [0.5, 0.6) is 0 Å². The van der Waals surface area contributed by atoms with Gasteiger partial charge in [-0.25, -0.2) is 13.1 Å². The topological polar surface area (TPSA) is 75.4 Å². The van der Waals surface area contributed by atoms with Gasteiger partial charge in [0.1, 0.15) is 4.90 Å². The van der Waals surface area contributed by atoms with Crippen molar-refractivity contribution in [3.63, 3.8) is 0 Å². The van der Waals surface area contributed by atoms with Gasteiger partial charge in [-0.05, 0) is 56.9 Å². The molecule has 1 aromatic carbocycles. The van der Waals surface area contributed by atoms with Crippen LogP contribution in [0, 0.1) is 5.92 Å². The molecule has 5 nitrogen and oxygen atoms in total. The van der Waals surface area contributed by atoms with E-state index in [4.69, 9.17) is 5.73 Å². The standard InChI is InChI=1S/C15H25N3O2S/c1-13-7-11-18(12-8-13)10-4-9-17-21(19,20)15-6-3-2-5-14(15)16/h2-3,5-6,13,17H,4,7-12,16H2,1H3. The quantitative estimate of drug-likeness (QED) is 0.619. The third kappa shape index (κ3) is 4.69. The van der Waals surface area contributed by atoms with E-state index in [0.29, 0.717) is 6.54 Å². The lowest BCUT2D eigenvalue weighted by Crippen LogP contribution is -2.35. The third-order valence-electron chi connectivity index (χ3n) is 4.03. The van der Waals surface area contributed by atoms with E-state index >= 15 is 0 Å². The maximum absolute atomic E-state index is 12.1. The van der Waals surface area contributed by atoms with E-state index in [1.165, 1.54) is 18.9 Å². The van der Waals surface area contributed by atoms with Crippen molar-refractivity contribution in [3.8, 4) is 0 Å². The number of piperidine rings is 1. The van der Waals surface area contributed by atoms with E-state index < -0.39 is 10.0 Å². The number of hydrogen-bond donors (Lipinski definition) is 2. The minimum atomic E-state index is -3.50. The summed E-state index contributed by atoms with van der Waals surface area (Å²) in [5.41, 5.74) is 6.00. The number of nitrogens with two attached hydrogens (primary N) is 1. The normalized spacial score (nSPS) is 18.0. The lowest BCUT2D eigenvalue weighted by Gasteiger charge is -2.30. The van der Waals surface area contributed by atoms with Gasteiger partial charge in [-0.1, -0.05) is 19.1 Å². The van der Waals surface area contributed by atoms with Gasteiger partial charge in [0.25, 0.3) is 0 Å². The Morgan fingerprint density at radius 2 is 1.95 bits per heavy atom. The Hall–Kier alpha value is -1.11. The number of anilines is 1. The third-order valence-corrected chi connectivity index (χ3v) is 5.56. The van der Waals surface area contributed by atoms with Crippen LogP contribution in [0.4, 0.5) is 5.69 Å². The molecule has 1 saturated heterocycles. The molecule has 0 spiro atoms. The van der Waals surface area contributed by atoms with Crippen LogP contribution < -0.4 is 10.5 Å². The Kier molecular flexibility index (Phi) is 5.61. The first-order valence-electron chi connectivity index (χ1n) is 7.55. The molecular weight excluding hydrogens is 286 g/mol. The van der Waals surface area contributed by atoms with Crippen LogP contribution in [0.3, 0.4) is 0 Å². The highest BCUT2D eigenvalue weighted by molar-refractivity contribution is 7.89. The van der Waals surface area contributed by atoms with Crippen molar-refractivity contribution >= 4 is 15.7 Å². The second-order valence-electron chi connectivity index (χ2n) is 5.81. The van der Waals surface area contributed by atoms with E-state index in [1.54, 1.807) is 18.2 Å². The van der Waals surface area contributed by atoms with Crippen LogP contribution in [0.25, 0.3) is 0 Å². The van der Waals surface area contributed by atoms with E-state index in [1.807, 2.05) is 0 Å². The molecule has 0 bridgehead atoms. The smallest absolute Gasteiger partial charge is 0.242 e. The van der Waals surface area contributed by atoms with Gasteiger partial charge >= 0.3 is 0 Å². The zero-order valence-electron chi connectivity index (χ0n) is 12.6. The number of nitrogen functional groups attached to an aromatic ring is 1. The van der Waals surface area contributed by atoms with Crippen molar-refractivity contribution < 1.29 is 8.42 Å². The van der Waals surface area contributed by atoms with Crippen molar-refractivity contribution in [1.82, 2.24) is 9.62 Å². The minimum absolute atomic E-state index is 0.164. The highest BCUT2D eigenvalue weighted by atomic mass is 32.2. The Balaban J connectivity index is 1.77. The number of nitrogens with one attached hydrogen (secondary N) is 1. The van der Waals surface area contributed by atoms with E-state index in [0.717, 1.165) is 32.0 Å².